The SMILES string of the molecule is CCc1nc(C(C)(C)C)c2cc(OC)c(OC)cc2n1. The molecule has 0 aliphatic rings. The van der Waals surface area contributed by atoms with E-state index in [-0.39, 0.29) is 5.41 Å². The average molecular weight is 274 g/mol. The molecule has 0 aliphatic heterocycles. The number of nitrogens with zero attached hydrogens (tertiary/aromatic N) is 2. The predicted octanol–water partition coefficient (Wildman–Crippen LogP) is 3.51. The van der Waals surface area contributed by atoms with Crippen LogP contribution in [-0.4, -0.2) is 24.2 Å². The van der Waals surface area contributed by atoms with Gasteiger partial charge in [-0.2, -0.15) is 0 Å². The summed E-state index contributed by atoms with van der Waals surface area (Å²) in [6.07, 6.45) is 0.813. The Morgan fingerprint density at radius 3 is 2.10 bits per heavy atom. The summed E-state index contributed by atoms with van der Waals surface area (Å²) in [5, 5.41) is 1.02. The van der Waals surface area contributed by atoms with Crippen LogP contribution in [0.2, 0.25) is 0 Å². The normalized spacial score (nSPS) is 11.7. The lowest BCUT2D eigenvalue weighted by molar-refractivity contribution is 0.355. The molecular formula is C16H22N2O2. The van der Waals surface area contributed by atoms with Crippen LogP contribution < -0.4 is 9.47 Å². The van der Waals surface area contributed by atoms with Crippen LogP contribution in [0.1, 0.15) is 39.2 Å². The Balaban J connectivity index is 2.83. The number of benzene rings is 1. The van der Waals surface area contributed by atoms with Gasteiger partial charge in [-0.15, -0.1) is 0 Å². The number of methoxy groups -OCH3 is 2. The summed E-state index contributed by atoms with van der Waals surface area (Å²) < 4.78 is 10.7. The second-order valence-electron chi connectivity index (χ2n) is 5.82. The molecule has 0 spiro atoms. The molecule has 2 aromatic rings. The highest BCUT2D eigenvalue weighted by molar-refractivity contribution is 5.85. The first-order chi connectivity index (χ1) is 9.40. The third-order valence-corrected chi connectivity index (χ3v) is 3.27. The number of ether oxygens (including phenoxy) is 2. The number of aromatic nitrogens is 2. The minimum atomic E-state index is -0.0509. The standard InChI is InChI=1S/C16H22N2O2/c1-7-14-17-11-9-13(20-6)12(19-5)8-10(11)15(18-14)16(2,3)4/h8-9H,7H2,1-6H3. The van der Waals surface area contributed by atoms with E-state index in [0.29, 0.717) is 11.5 Å². The molecule has 0 radical (unpaired) electrons. The first-order valence-electron chi connectivity index (χ1n) is 6.83. The molecule has 0 aliphatic carbocycles. The molecule has 0 amide bonds. The van der Waals surface area contributed by atoms with Crippen LogP contribution in [0.5, 0.6) is 11.5 Å². The molecule has 4 heteroatoms. The molecule has 0 saturated heterocycles. The smallest absolute Gasteiger partial charge is 0.162 e. The molecule has 2 rings (SSSR count). The predicted molar refractivity (Wildman–Crippen MR) is 80.7 cm³/mol. The summed E-state index contributed by atoms with van der Waals surface area (Å²) in [7, 11) is 3.28. The van der Waals surface area contributed by atoms with E-state index in [1.54, 1.807) is 14.2 Å². The topological polar surface area (TPSA) is 44.2 Å². The van der Waals surface area contributed by atoms with Crippen molar-refractivity contribution in [2.75, 3.05) is 14.2 Å². The molecular weight excluding hydrogens is 252 g/mol. The lowest BCUT2D eigenvalue weighted by Crippen LogP contribution is -2.16. The van der Waals surface area contributed by atoms with Crippen LogP contribution in [0, 0.1) is 0 Å². The van der Waals surface area contributed by atoms with Gasteiger partial charge in [-0.05, 0) is 6.07 Å². The minimum absolute atomic E-state index is 0.0509. The number of hydrogen-bond acceptors (Lipinski definition) is 4. The van der Waals surface area contributed by atoms with Gasteiger partial charge in [-0.3, -0.25) is 0 Å². The van der Waals surface area contributed by atoms with Gasteiger partial charge in [-0.25, -0.2) is 9.97 Å². The number of fused-ring (bicyclic) bond motifs is 1. The van der Waals surface area contributed by atoms with Crippen LogP contribution in [0.25, 0.3) is 10.9 Å². The molecule has 0 bridgehead atoms. The van der Waals surface area contributed by atoms with Gasteiger partial charge >= 0.3 is 0 Å². The summed E-state index contributed by atoms with van der Waals surface area (Å²) in [4.78, 5) is 9.32. The van der Waals surface area contributed by atoms with E-state index in [1.165, 1.54) is 0 Å². The molecule has 20 heavy (non-hydrogen) atoms. The van der Waals surface area contributed by atoms with Crippen molar-refractivity contribution in [2.24, 2.45) is 0 Å². The van der Waals surface area contributed by atoms with Gasteiger partial charge in [0.1, 0.15) is 5.82 Å². The second-order valence-corrected chi connectivity index (χ2v) is 5.82. The Morgan fingerprint density at radius 1 is 1.00 bits per heavy atom. The van der Waals surface area contributed by atoms with Crippen molar-refractivity contribution in [2.45, 2.75) is 39.5 Å². The maximum absolute atomic E-state index is 5.39. The van der Waals surface area contributed by atoms with E-state index < -0.39 is 0 Å². The van der Waals surface area contributed by atoms with E-state index >= 15 is 0 Å². The van der Waals surface area contributed by atoms with Crippen molar-refractivity contribution >= 4 is 10.9 Å². The monoisotopic (exact) mass is 274 g/mol. The van der Waals surface area contributed by atoms with E-state index in [4.69, 9.17) is 14.5 Å². The fourth-order valence-corrected chi connectivity index (χ4v) is 2.23. The summed E-state index contributed by atoms with van der Waals surface area (Å²) in [5.74, 6) is 2.26. The van der Waals surface area contributed by atoms with Crippen molar-refractivity contribution < 1.29 is 9.47 Å². The largest absolute Gasteiger partial charge is 0.493 e. The number of hydrogen-bond donors (Lipinski definition) is 0. The van der Waals surface area contributed by atoms with Crippen molar-refractivity contribution in [3.05, 3.63) is 23.7 Å². The Morgan fingerprint density at radius 2 is 1.60 bits per heavy atom. The maximum atomic E-state index is 5.39. The van der Waals surface area contributed by atoms with Gasteiger partial charge in [-0.1, -0.05) is 27.7 Å². The number of aryl methyl sites for hydroxylation is 1. The van der Waals surface area contributed by atoms with E-state index in [0.717, 1.165) is 28.8 Å². The van der Waals surface area contributed by atoms with Gasteiger partial charge in [0.05, 0.1) is 25.4 Å². The highest BCUT2D eigenvalue weighted by atomic mass is 16.5. The summed E-state index contributed by atoms with van der Waals surface area (Å²) >= 11 is 0. The average Bonchev–Trinajstić information content (AvgIpc) is 2.43. The zero-order valence-electron chi connectivity index (χ0n) is 13.1. The van der Waals surface area contributed by atoms with Crippen molar-refractivity contribution in [1.82, 2.24) is 9.97 Å². The zero-order chi connectivity index (χ0) is 14.9. The Kier molecular flexibility index (Phi) is 3.84. The van der Waals surface area contributed by atoms with E-state index in [2.05, 4.69) is 32.7 Å². The molecule has 1 aromatic carbocycles. The molecule has 0 unspecified atom stereocenters. The van der Waals surface area contributed by atoms with Gasteiger partial charge in [0, 0.05) is 23.3 Å². The lowest BCUT2D eigenvalue weighted by Gasteiger charge is -2.21. The third-order valence-electron chi connectivity index (χ3n) is 3.27. The maximum Gasteiger partial charge on any atom is 0.162 e. The van der Waals surface area contributed by atoms with Gasteiger partial charge in [0.2, 0.25) is 0 Å². The third kappa shape index (κ3) is 2.55. The van der Waals surface area contributed by atoms with Crippen LogP contribution in [0.15, 0.2) is 12.1 Å². The Hall–Kier alpha value is -1.84. The van der Waals surface area contributed by atoms with Crippen molar-refractivity contribution in [3.63, 3.8) is 0 Å². The molecule has 1 aromatic heterocycles. The highest BCUT2D eigenvalue weighted by Crippen LogP contribution is 2.35. The fourth-order valence-electron chi connectivity index (χ4n) is 2.23. The Labute approximate surface area is 120 Å². The van der Waals surface area contributed by atoms with E-state index in [1.807, 2.05) is 12.1 Å². The number of rotatable bonds is 3. The molecule has 0 fully saturated rings. The minimum Gasteiger partial charge on any atom is -0.493 e. The molecule has 0 atom stereocenters. The van der Waals surface area contributed by atoms with Crippen LogP contribution in [0.3, 0.4) is 0 Å². The zero-order valence-corrected chi connectivity index (χ0v) is 13.1. The second kappa shape index (κ2) is 5.27. The lowest BCUT2D eigenvalue weighted by atomic mass is 9.89. The summed E-state index contributed by atoms with van der Waals surface area (Å²) in [6, 6.07) is 3.89. The highest BCUT2D eigenvalue weighted by Gasteiger charge is 2.22. The fraction of sp³-hybridized carbons (Fsp3) is 0.500. The Bertz CT molecular complexity index is 630. The molecule has 0 saturated carbocycles. The van der Waals surface area contributed by atoms with Crippen LogP contribution in [-0.2, 0) is 11.8 Å². The van der Waals surface area contributed by atoms with Crippen molar-refractivity contribution in [3.8, 4) is 11.5 Å². The van der Waals surface area contributed by atoms with E-state index in [9.17, 15) is 0 Å². The molecule has 108 valence electrons. The summed E-state index contributed by atoms with van der Waals surface area (Å²) in [6.45, 7) is 8.54. The van der Waals surface area contributed by atoms with Crippen molar-refractivity contribution in [1.29, 1.82) is 0 Å². The van der Waals surface area contributed by atoms with Gasteiger partial charge in [0.15, 0.2) is 11.5 Å². The molecule has 0 N–H and O–H groups in total. The summed E-state index contributed by atoms with van der Waals surface area (Å²) in [5.41, 5.74) is 1.89. The van der Waals surface area contributed by atoms with Crippen LogP contribution >= 0.6 is 0 Å². The van der Waals surface area contributed by atoms with Crippen LogP contribution in [0.4, 0.5) is 0 Å². The van der Waals surface area contributed by atoms with Gasteiger partial charge < -0.3 is 9.47 Å². The first-order valence-corrected chi connectivity index (χ1v) is 6.83. The first kappa shape index (κ1) is 14.6. The molecule has 1 heterocycles. The van der Waals surface area contributed by atoms with Gasteiger partial charge in [0.25, 0.3) is 0 Å². The quantitative estimate of drug-likeness (QED) is 0.859. The molecule has 4 nitrogen and oxygen atoms in total.